The highest BCUT2D eigenvalue weighted by Gasteiger charge is 2.28. The van der Waals surface area contributed by atoms with Gasteiger partial charge in [-0.1, -0.05) is 25.7 Å². The van der Waals surface area contributed by atoms with Gasteiger partial charge >= 0.3 is 0 Å². The summed E-state index contributed by atoms with van der Waals surface area (Å²) in [7, 11) is 3.55. The maximum Gasteiger partial charge on any atom is 0.253 e. The van der Waals surface area contributed by atoms with Crippen molar-refractivity contribution < 1.29 is 14.4 Å². The number of hydrogen-bond acceptors (Lipinski definition) is 6. The summed E-state index contributed by atoms with van der Waals surface area (Å²) in [6.07, 6.45) is 15.6. The molecule has 8 rings (SSSR count). The maximum atomic E-state index is 12.4. The van der Waals surface area contributed by atoms with Gasteiger partial charge in [-0.05, 0) is 133 Å². The summed E-state index contributed by atoms with van der Waals surface area (Å²) in [5.74, 6) is 0.182. The van der Waals surface area contributed by atoms with Gasteiger partial charge in [0.15, 0.2) is 0 Å². The van der Waals surface area contributed by atoms with Crippen LogP contribution < -0.4 is 27.1 Å². The van der Waals surface area contributed by atoms with Gasteiger partial charge in [0.2, 0.25) is 17.7 Å². The summed E-state index contributed by atoms with van der Waals surface area (Å²) in [5.41, 5.74) is 11.8. The number of aromatic nitrogens is 2. The van der Waals surface area contributed by atoms with Crippen molar-refractivity contribution in [1.29, 1.82) is 0 Å². The van der Waals surface area contributed by atoms with Crippen LogP contribution in [0, 0.1) is 13.8 Å². The van der Waals surface area contributed by atoms with Crippen molar-refractivity contribution in [3.05, 3.63) is 103 Å². The van der Waals surface area contributed by atoms with Gasteiger partial charge in [-0.15, -0.1) is 0 Å². The first-order chi connectivity index (χ1) is 27.3. The van der Waals surface area contributed by atoms with Gasteiger partial charge in [-0.2, -0.15) is 0 Å². The molecule has 2 saturated carbocycles. The lowest BCUT2D eigenvalue weighted by atomic mass is 9.93. The van der Waals surface area contributed by atoms with Crippen molar-refractivity contribution in [2.24, 2.45) is 14.1 Å². The number of aryl methyl sites for hydroxylation is 6. The third kappa shape index (κ3) is 8.99. The number of carbonyl (C=O) groups is 3. The molecule has 3 N–H and O–H groups in total. The highest BCUT2D eigenvalue weighted by atomic mass is 16.2. The lowest BCUT2D eigenvalue weighted by molar-refractivity contribution is -0.131. The Balaban J connectivity index is 0.000000175. The summed E-state index contributed by atoms with van der Waals surface area (Å²) in [6.45, 7) is 6.55. The number of nitrogens with one attached hydrogen (secondary N) is 3. The second-order valence-electron chi connectivity index (χ2n) is 16.5. The first kappa shape index (κ1) is 39.9. The Morgan fingerprint density at radius 3 is 1.63 bits per heavy atom. The summed E-state index contributed by atoms with van der Waals surface area (Å²) in [6, 6.07) is 13.2. The van der Waals surface area contributed by atoms with E-state index in [1.807, 2.05) is 43.3 Å². The van der Waals surface area contributed by atoms with Gasteiger partial charge in [-0.3, -0.25) is 24.0 Å². The molecule has 300 valence electrons. The number of fused-ring (bicyclic) bond motifs is 2. The van der Waals surface area contributed by atoms with Crippen molar-refractivity contribution in [2.75, 3.05) is 10.6 Å². The second-order valence-corrected chi connectivity index (χ2v) is 16.5. The van der Waals surface area contributed by atoms with E-state index in [0.29, 0.717) is 37.4 Å². The van der Waals surface area contributed by atoms with Crippen molar-refractivity contribution in [3.8, 4) is 22.3 Å². The number of benzene rings is 2. The average Bonchev–Trinajstić information content (AvgIpc) is 3.92. The molecular weight excluding hydrogens is 717 g/mol. The van der Waals surface area contributed by atoms with Crippen LogP contribution in [0.4, 0.5) is 11.4 Å². The maximum absolute atomic E-state index is 12.4. The van der Waals surface area contributed by atoms with Gasteiger partial charge in [-0.25, -0.2) is 0 Å². The van der Waals surface area contributed by atoms with Crippen LogP contribution in [0.3, 0.4) is 0 Å². The molecule has 4 heterocycles. The van der Waals surface area contributed by atoms with E-state index in [2.05, 4.69) is 40.2 Å². The number of hydrogen-bond donors (Lipinski definition) is 3. The van der Waals surface area contributed by atoms with E-state index in [4.69, 9.17) is 0 Å². The number of carbonyl (C=O) groups excluding carboxylic acids is 3. The molecule has 2 fully saturated rings. The fourth-order valence-corrected chi connectivity index (χ4v) is 9.10. The Morgan fingerprint density at radius 1 is 0.667 bits per heavy atom. The second kappa shape index (κ2) is 17.1. The number of rotatable bonds is 8. The number of anilines is 2. The molecule has 11 nitrogen and oxygen atoms in total. The van der Waals surface area contributed by atoms with Crippen LogP contribution in [0.5, 0.6) is 0 Å². The topological polar surface area (TPSA) is 135 Å². The van der Waals surface area contributed by atoms with Crippen LogP contribution in [0.1, 0.15) is 105 Å². The van der Waals surface area contributed by atoms with Crippen LogP contribution in [-0.4, -0.2) is 43.8 Å². The minimum Gasteiger partial charge on any atom is -0.336 e. The third-order valence-corrected chi connectivity index (χ3v) is 12.2. The molecule has 3 amide bonds. The van der Waals surface area contributed by atoms with E-state index in [-0.39, 0.29) is 34.9 Å². The summed E-state index contributed by atoms with van der Waals surface area (Å²) < 4.78 is 3.24. The minimum absolute atomic E-state index is 0.00631. The molecule has 0 bridgehead atoms. The van der Waals surface area contributed by atoms with E-state index in [0.717, 1.165) is 94.5 Å². The molecule has 2 aromatic carbocycles. The minimum atomic E-state index is -0.00631. The quantitative estimate of drug-likeness (QED) is 0.180. The van der Waals surface area contributed by atoms with Crippen molar-refractivity contribution in [1.82, 2.24) is 19.4 Å². The predicted molar refractivity (Wildman–Crippen MR) is 225 cm³/mol. The summed E-state index contributed by atoms with van der Waals surface area (Å²) in [5, 5.41) is 9.79. The molecule has 0 atom stereocenters. The normalized spacial score (nSPS) is 16.6. The Hall–Kier alpha value is -5.29. The van der Waals surface area contributed by atoms with Crippen molar-refractivity contribution >= 4 is 29.1 Å². The molecule has 0 radical (unpaired) electrons. The van der Waals surface area contributed by atoms with E-state index in [1.165, 1.54) is 31.2 Å². The van der Waals surface area contributed by atoms with Crippen LogP contribution in [0.15, 0.2) is 58.4 Å². The Labute approximate surface area is 334 Å². The smallest absolute Gasteiger partial charge is 0.253 e. The van der Waals surface area contributed by atoms with Gasteiger partial charge in [0.05, 0.1) is 0 Å². The molecular formula is C46H56N6O5. The molecule has 0 saturated heterocycles. The third-order valence-electron chi connectivity index (χ3n) is 12.2. The van der Waals surface area contributed by atoms with Crippen LogP contribution >= 0.6 is 0 Å². The van der Waals surface area contributed by atoms with Gasteiger partial charge < -0.3 is 30.0 Å². The number of nitrogens with zero attached hydrogens (tertiary/aromatic N) is 3. The number of amides is 3. The van der Waals surface area contributed by atoms with Gasteiger partial charge in [0.1, 0.15) is 0 Å². The average molecular weight is 773 g/mol. The molecule has 2 aliphatic carbocycles. The van der Waals surface area contributed by atoms with Crippen molar-refractivity contribution in [2.45, 2.75) is 123 Å². The zero-order valence-corrected chi connectivity index (χ0v) is 34.1. The lowest BCUT2D eigenvalue weighted by Crippen LogP contribution is -2.37. The fraction of sp³-hybridized carbons (Fsp3) is 0.457. The standard InChI is InChI=1S/C24H29N3O3.C22H27N3O2/c1-15-10-19(13-26(3)24(15)30)18-11-17-8-9-22(29)25-23(17)20(12-18)14-27(16(2)28)21-6-4-5-7-21;1-14-9-18(13-25(2)22(14)27)16-10-15-7-8-20(26)24-21(15)17(11-16)12-23-19-5-3-4-6-19/h10-13,21H,4-9,14H2,1-3H3,(H,25,29);9-11,13,19,23H,3-8,12H2,1-2H3,(H,24,26). The first-order valence-corrected chi connectivity index (χ1v) is 20.6. The molecule has 57 heavy (non-hydrogen) atoms. The monoisotopic (exact) mass is 772 g/mol. The Kier molecular flexibility index (Phi) is 11.9. The molecule has 2 aromatic heterocycles. The molecule has 0 spiro atoms. The molecule has 4 aliphatic rings. The fourth-order valence-electron chi connectivity index (χ4n) is 9.10. The zero-order chi connectivity index (χ0) is 40.4. The lowest BCUT2D eigenvalue weighted by Gasteiger charge is -2.30. The van der Waals surface area contributed by atoms with Gasteiger partial charge in [0, 0.05) is 93.9 Å². The SMILES string of the molecule is CC(=O)N(Cc1cc(-c2cc(C)c(=O)n(C)c2)cc2c1NC(=O)CC2)C1CCCC1.Cc1cc(-c2cc3c(c(CNC4CCCC4)c2)NC(=O)CC3)cn(C)c1=O. The Bertz CT molecular complexity index is 2280. The van der Waals surface area contributed by atoms with Crippen LogP contribution in [0.2, 0.25) is 0 Å². The highest BCUT2D eigenvalue weighted by Crippen LogP contribution is 2.36. The van der Waals surface area contributed by atoms with E-state index >= 15 is 0 Å². The number of pyridine rings is 2. The predicted octanol–water partition coefficient (Wildman–Crippen LogP) is 6.81. The molecule has 0 unspecified atom stereocenters. The van der Waals surface area contributed by atoms with Crippen molar-refractivity contribution in [3.63, 3.8) is 0 Å². The largest absolute Gasteiger partial charge is 0.336 e. The molecule has 4 aromatic rings. The molecule has 2 aliphatic heterocycles. The van der Waals surface area contributed by atoms with Crippen LogP contribution in [0.25, 0.3) is 22.3 Å². The van der Waals surface area contributed by atoms with E-state index in [9.17, 15) is 24.0 Å². The highest BCUT2D eigenvalue weighted by molar-refractivity contribution is 5.96. The van der Waals surface area contributed by atoms with E-state index in [1.54, 1.807) is 30.2 Å². The summed E-state index contributed by atoms with van der Waals surface area (Å²) in [4.78, 5) is 62.6. The zero-order valence-electron chi connectivity index (χ0n) is 34.1. The summed E-state index contributed by atoms with van der Waals surface area (Å²) >= 11 is 0. The van der Waals surface area contributed by atoms with E-state index < -0.39 is 0 Å². The van der Waals surface area contributed by atoms with Crippen LogP contribution in [-0.2, 0) is 54.4 Å². The van der Waals surface area contributed by atoms with Gasteiger partial charge in [0.25, 0.3) is 11.1 Å². The Morgan fingerprint density at radius 2 is 1.14 bits per heavy atom. The molecule has 11 heteroatoms. The first-order valence-electron chi connectivity index (χ1n) is 20.6.